The first-order chi connectivity index (χ1) is 21.7. The number of fused-ring (bicyclic) bond motifs is 2. The Bertz CT molecular complexity index is 1380. The van der Waals surface area contributed by atoms with Gasteiger partial charge < -0.3 is 29.2 Å². The third-order valence-electron chi connectivity index (χ3n) is 11.2. The maximum atomic E-state index is 12.0. The molecule has 5 saturated carbocycles. The molecule has 264 valence electrons. The predicted molar refractivity (Wildman–Crippen MR) is 160 cm³/mol. The topological polar surface area (TPSA) is 269 Å². The average Bonchev–Trinajstić information content (AvgIpc) is 2.99. The van der Waals surface area contributed by atoms with E-state index in [-0.39, 0.29) is 151 Å². The third-order valence-corrected chi connectivity index (χ3v) is 14.1. The van der Waals surface area contributed by atoms with Gasteiger partial charge in [0, 0.05) is 18.4 Å². The molecule has 0 aliphatic heterocycles. The van der Waals surface area contributed by atoms with E-state index in [1.807, 2.05) is 0 Å². The van der Waals surface area contributed by atoms with Crippen molar-refractivity contribution in [3.05, 3.63) is 0 Å². The SMILES string of the molecule is COC1CCC(N=NC2CCC(N=NC3C(OS(=O)[O-])CC4CC(S(=O)(=O)[O-])C(N)CC4C3O)C3CC(S(=O)(=O)[O-])CCC23)CC1.[Na+].[Na+].[Na+]. The summed E-state index contributed by atoms with van der Waals surface area (Å²) in [4.78, 5) is 0. The standard InChI is InChI=1S/C27H47N5O11S3.3Na/c1-42-16-4-2-15(3-5-16)29-30-22-8-9-23(20-12-17(45(36,37)38)6-7-18(20)22)31-32-26-24(43-44(34)35)10-14-11-25(46(39,40)41)21(28)13-19(14)27(26)33;;;/h14-27,33H,2-13,28H2,1H3,(H,34,35)(H,36,37,38)(H,39,40,41);;;/q;3*+1/p-3. The second kappa shape index (κ2) is 20.2. The summed E-state index contributed by atoms with van der Waals surface area (Å²) in [6.07, 6.45) is 3.09. The van der Waals surface area contributed by atoms with Crippen LogP contribution in [0, 0.1) is 23.7 Å². The molecule has 0 aromatic heterocycles. The first kappa shape index (κ1) is 47.1. The van der Waals surface area contributed by atoms with Crippen LogP contribution < -0.4 is 94.4 Å². The first-order valence-corrected chi connectivity index (χ1v) is 20.0. The van der Waals surface area contributed by atoms with Crippen LogP contribution in [-0.4, -0.2) is 106 Å². The molecule has 5 aliphatic carbocycles. The average molecular weight is 780 g/mol. The Morgan fingerprint density at radius 3 is 1.94 bits per heavy atom. The van der Waals surface area contributed by atoms with Gasteiger partial charge in [0.15, 0.2) is 0 Å². The maximum absolute atomic E-state index is 12.0. The number of hydrogen-bond donors (Lipinski definition) is 2. The van der Waals surface area contributed by atoms with Gasteiger partial charge in [-0.3, -0.25) is 4.18 Å². The van der Waals surface area contributed by atoms with E-state index in [2.05, 4.69) is 15.3 Å². The van der Waals surface area contributed by atoms with Gasteiger partial charge in [0.05, 0.1) is 67.2 Å². The number of ether oxygens (including phenoxy) is 1. The molecule has 0 radical (unpaired) electrons. The Morgan fingerprint density at radius 2 is 1.37 bits per heavy atom. The Morgan fingerprint density at radius 1 is 0.755 bits per heavy atom. The van der Waals surface area contributed by atoms with Gasteiger partial charge in [-0.25, -0.2) is 21.0 Å². The summed E-state index contributed by atoms with van der Waals surface area (Å²) in [7, 11) is -7.56. The second-order valence-corrected chi connectivity index (χ2v) is 17.6. The van der Waals surface area contributed by atoms with Crippen LogP contribution in [0.4, 0.5) is 0 Å². The molecule has 49 heavy (non-hydrogen) atoms. The monoisotopic (exact) mass is 779 g/mol. The Kier molecular flexibility index (Phi) is 19.5. The number of nitrogens with zero attached hydrogens (tertiary/aromatic N) is 4. The van der Waals surface area contributed by atoms with Crippen molar-refractivity contribution in [2.24, 2.45) is 49.9 Å². The molecule has 13 atom stereocenters. The predicted octanol–water partition coefficient (Wildman–Crippen LogP) is -7.70. The Labute approximate surface area is 358 Å². The van der Waals surface area contributed by atoms with E-state index in [0.717, 1.165) is 25.7 Å². The van der Waals surface area contributed by atoms with Crippen molar-refractivity contribution in [1.82, 2.24) is 0 Å². The zero-order valence-electron chi connectivity index (χ0n) is 28.7. The number of hydrogen-bond acceptors (Lipinski definition) is 16. The van der Waals surface area contributed by atoms with E-state index in [0.29, 0.717) is 19.3 Å². The fraction of sp³-hybridized carbons (Fsp3) is 1.00. The smallest absolute Gasteiger partial charge is 0.750 e. The summed E-state index contributed by atoms with van der Waals surface area (Å²) < 4.78 is 105. The van der Waals surface area contributed by atoms with Crippen molar-refractivity contribution >= 4 is 31.6 Å². The molecule has 13 unspecified atom stereocenters. The van der Waals surface area contributed by atoms with Gasteiger partial charge in [0.2, 0.25) is 0 Å². The van der Waals surface area contributed by atoms with Gasteiger partial charge in [0.1, 0.15) is 12.1 Å². The normalized spacial score (nSPS) is 42.2. The number of rotatable bonds is 9. The zero-order valence-corrected chi connectivity index (χ0v) is 37.1. The maximum Gasteiger partial charge on any atom is 1.00 e. The Balaban J connectivity index is 0.00000278. The van der Waals surface area contributed by atoms with E-state index >= 15 is 0 Å². The fourth-order valence-electron chi connectivity index (χ4n) is 8.74. The minimum atomic E-state index is -4.71. The molecule has 0 spiro atoms. The van der Waals surface area contributed by atoms with Crippen LogP contribution >= 0.6 is 0 Å². The Hall–Kier alpha value is 1.97. The van der Waals surface area contributed by atoms with Gasteiger partial charge in [-0.15, -0.1) is 0 Å². The van der Waals surface area contributed by atoms with Crippen molar-refractivity contribution in [1.29, 1.82) is 0 Å². The molecule has 5 aliphatic rings. The van der Waals surface area contributed by atoms with Crippen molar-refractivity contribution in [2.45, 2.75) is 136 Å². The molecule has 22 heteroatoms. The van der Waals surface area contributed by atoms with E-state index in [4.69, 9.17) is 19.8 Å². The van der Waals surface area contributed by atoms with Gasteiger partial charge in [-0.1, -0.05) is 0 Å². The van der Waals surface area contributed by atoms with Crippen molar-refractivity contribution < 1.29 is 137 Å². The van der Waals surface area contributed by atoms with E-state index in [9.17, 15) is 39.8 Å². The molecule has 0 bridgehead atoms. The third kappa shape index (κ3) is 12.0. The van der Waals surface area contributed by atoms with Gasteiger partial charge in [-0.05, 0) is 101 Å². The second-order valence-electron chi connectivity index (χ2n) is 13.7. The minimum absolute atomic E-state index is 0. The summed E-state index contributed by atoms with van der Waals surface area (Å²) in [6.45, 7) is 0. The first-order valence-electron chi connectivity index (χ1n) is 16.1. The molecule has 0 heterocycles. The quantitative estimate of drug-likeness (QED) is 0.0957. The number of methoxy groups -OCH3 is 1. The molecule has 0 saturated heterocycles. The van der Waals surface area contributed by atoms with Gasteiger partial charge in [0.25, 0.3) is 0 Å². The number of nitrogens with two attached hydrogens (primary N) is 1. The van der Waals surface area contributed by atoms with E-state index in [1.54, 1.807) is 7.11 Å². The summed E-state index contributed by atoms with van der Waals surface area (Å²) in [5, 5.41) is 27.3. The van der Waals surface area contributed by atoms with Crippen LogP contribution in [0.25, 0.3) is 0 Å². The van der Waals surface area contributed by atoms with Gasteiger partial charge >= 0.3 is 88.7 Å². The van der Waals surface area contributed by atoms with Gasteiger partial charge in [-0.2, -0.15) is 20.5 Å². The number of aliphatic hydroxyl groups is 1. The van der Waals surface area contributed by atoms with E-state index in [1.165, 1.54) is 0 Å². The molecule has 16 nitrogen and oxygen atoms in total. The van der Waals surface area contributed by atoms with E-state index < -0.39 is 84.3 Å². The molecular weight excluding hydrogens is 735 g/mol. The van der Waals surface area contributed by atoms with Crippen LogP contribution in [0.2, 0.25) is 0 Å². The largest absolute Gasteiger partial charge is 1.00 e. The molecule has 5 fully saturated rings. The number of aliphatic hydroxyl groups excluding tert-OH is 1. The van der Waals surface area contributed by atoms with Crippen molar-refractivity contribution in [3.8, 4) is 0 Å². The number of azo groups is 2. The fourth-order valence-corrected chi connectivity index (χ4v) is 11.0. The molecule has 3 N–H and O–H groups in total. The minimum Gasteiger partial charge on any atom is -0.750 e. The summed E-state index contributed by atoms with van der Waals surface area (Å²) in [6, 6.07) is -2.72. The van der Waals surface area contributed by atoms with Crippen molar-refractivity contribution in [3.63, 3.8) is 0 Å². The van der Waals surface area contributed by atoms with Crippen LogP contribution in [0.15, 0.2) is 20.5 Å². The molecule has 0 amide bonds. The molecule has 0 aromatic carbocycles. The molecule has 5 rings (SSSR count). The van der Waals surface area contributed by atoms with Crippen LogP contribution in [0.1, 0.15) is 77.0 Å². The molecule has 0 aromatic rings. The zero-order chi connectivity index (χ0) is 33.4. The summed E-state index contributed by atoms with van der Waals surface area (Å²) in [5.74, 6) is -1.54. The summed E-state index contributed by atoms with van der Waals surface area (Å²) >= 11 is -2.98. The van der Waals surface area contributed by atoms with Crippen LogP contribution in [0.5, 0.6) is 0 Å². The van der Waals surface area contributed by atoms with Crippen LogP contribution in [0.3, 0.4) is 0 Å². The van der Waals surface area contributed by atoms with Crippen molar-refractivity contribution in [2.75, 3.05) is 7.11 Å². The molecular formula is C27H44N5Na3O11S3. The summed E-state index contributed by atoms with van der Waals surface area (Å²) in [5.41, 5.74) is 6.03. The van der Waals surface area contributed by atoms with Crippen LogP contribution in [-0.2, 0) is 40.5 Å².